The molecule has 0 bridgehead atoms. The topological polar surface area (TPSA) is 59.2 Å². The van der Waals surface area contributed by atoms with Crippen molar-refractivity contribution < 1.29 is 13.9 Å². The molecular weight excluding hydrogens is 369 g/mol. The number of fused-ring (bicyclic) bond motifs is 1. The maximum atomic E-state index is 14.3. The lowest BCUT2D eigenvalue weighted by Crippen LogP contribution is -2.43. The molecule has 4 rings (SSSR count). The Bertz CT molecular complexity index is 1210. The highest BCUT2D eigenvalue weighted by Crippen LogP contribution is 2.28. The van der Waals surface area contributed by atoms with Gasteiger partial charge in [-0.3, -0.25) is 0 Å². The first-order valence-corrected chi connectivity index (χ1v) is 8.55. The van der Waals surface area contributed by atoms with Crippen LogP contribution in [0.15, 0.2) is 71.8 Å². The van der Waals surface area contributed by atoms with Gasteiger partial charge in [-0.15, -0.1) is 0 Å². The maximum Gasteiger partial charge on any atom is 0.354 e. The van der Waals surface area contributed by atoms with Crippen molar-refractivity contribution in [2.45, 2.75) is 6.54 Å². The number of pyridine rings is 2. The van der Waals surface area contributed by atoms with Gasteiger partial charge in [0.05, 0.1) is 6.20 Å². The SMILES string of the molecule is O=c1c(-c2ccccc2F)c(O)n(Cc2ccc(Cl)nc2)c2cccc[n+]12. The van der Waals surface area contributed by atoms with Crippen molar-refractivity contribution in [3.05, 3.63) is 93.9 Å². The Kier molecular flexibility index (Phi) is 4.33. The molecule has 1 N–H and O–H groups in total. The molecule has 5 nitrogen and oxygen atoms in total. The molecule has 0 aliphatic carbocycles. The fourth-order valence-electron chi connectivity index (χ4n) is 3.02. The van der Waals surface area contributed by atoms with E-state index in [0.717, 1.165) is 5.56 Å². The van der Waals surface area contributed by atoms with Gasteiger partial charge in [0.25, 0.3) is 11.5 Å². The molecule has 7 heteroatoms. The molecule has 0 spiro atoms. The van der Waals surface area contributed by atoms with Crippen molar-refractivity contribution in [3.63, 3.8) is 0 Å². The van der Waals surface area contributed by atoms with E-state index >= 15 is 0 Å². The van der Waals surface area contributed by atoms with Crippen molar-refractivity contribution in [2.24, 2.45) is 0 Å². The Morgan fingerprint density at radius 2 is 1.89 bits per heavy atom. The molecule has 3 aromatic heterocycles. The first-order valence-electron chi connectivity index (χ1n) is 8.18. The van der Waals surface area contributed by atoms with Gasteiger partial charge >= 0.3 is 5.56 Å². The summed E-state index contributed by atoms with van der Waals surface area (Å²) in [7, 11) is 0. The lowest BCUT2D eigenvalue weighted by molar-refractivity contribution is -0.532. The molecule has 0 saturated heterocycles. The largest absolute Gasteiger partial charge is 0.477 e. The second-order valence-electron chi connectivity index (χ2n) is 5.99. The number of aromatic hydroxyl groups is 1. The summed E-state index contributed by atoms with van der Waals surface area (Å²) in [5.41, 5.74) is 0.678. The third-order valence-corrected chi connectivity index (χ3v) is 4.52. The minimum atomic E-state index is -0.583. The third-order valence-electron chi connectivity index (χ3n) is 4.30. The summed E-state index contributed by atoms with van der Waals surface area (Å²) in [4.78, 5) is 17.0. The quantitative estimate of drug-likeness (QED) is 0.437. The molecule has 0 radical (unpaired) electrons. The van der Waals surface area contributed by atoms with E-state index < -0.39 is 11.4 Å². The zero-order valence-corrected chi connectivity index (χ0v) is 14.8. The molecule has 27 heavy (non-hydrogen) atoms. The molecule has 0 atom stereocenters. The van der Waals surface area contributed by atoms with Crippen LogP contribution in [-0.2, 0) is 6.54 Å². The molecule has 0 saturated carbocycles. The first-order chi connectivity index (χ1) is 13.1. The van der Waals surface area contributed by atoms with Gasteiger partial charge < -0.3 is 5.11 Å². The number of hydrogen-bond donors (Lipinski definition) is 1. The van der Waals surface area contributed by atoms with Crippen LogP contribution in [0.5, 0.6) is 5.88 Å². The summed E-state index contributed by atoms with van der Waals surface area (Å²) in [5.74, 6) is -0.897. The smallest absolute Gasteiger partial charge is 0.354 e. The summed E-state index contributed by atoms with van der Waals surface area (Å²) in [5, 5.41) is 11.3. The standard InChI is InChI=1S/C20H13ClFN3O2/c21-16-9-8-13(11-23-16)12-25-17-7-3-4-10-24(17)19(26)18(20(25)27)14-5-1-2-6-15(14)22/h1-11H,12H2/p+1. The first kappa shape index (κ1) is 17.2. The van der Waals surface area contributed by atoms with Gasteiger partial charge in [-0.05, 0) is 18.2 Å². The molecule has 0 unspecified atom stereocenters. The Balaban J connectivity index is 2.02. The zero-order chi connectivity index (χ0) is 19.0. The molecule has 0 amide bonds. The zero-order valence-electron chi connectivity index (χ0n) is 14.0. The van der Waals surface area contributed by atoms with Crippen molar-refractivity contribution >= 4 is 17.2 Å². The molecule has 134 valence electrons. The molecule has 0 aliphatic heterocycles. The van der Waals surface area contributed by atoms with Crippen LogP contribution in [0.3, 0.4) is 0 Å². The van der Waals surface area contributed by atoms with E-state index in [2.05, 4.69) is 4.98 Å². The van der Waals surface area contributed by atoms with E-state index in [1.165, 1.54) is 27.2 Å². The number of halogens is 2. The van der Waals surface area contributed by atoms with Crippen LogP contribution in [0.4, 0.5) is 4.39 Å². The minimum Gasteiger partial charge on any atom is -0.477 e. The van der Waals surface area contributed by atoms with Crippen LogP contribution in [0, 0.1) is 5.82 Å². The van der Waals surface area contributed by atoms with Crippen LogP contribution >= 0.6 is 11.6 Å². The monoisotopic (exact) mass is 382 g/mol. The molecule has 3 heterocycles. The van der Waals surface area contributed by atoms with E-state index in [-0.39, 0.29) is 23.6 Å². The van der Waals surface area contributed by atoms with Crippen molar-refractivity contribution in [2.75, 3.05) is 0 Å². The van der Waals surface area contributed by atoms with Gasteiger partial charge in [0.15, 0.2) is 5.56 Å². The molecule has 0 aliphatic rings. The average molecular weight is 383 g/mol. The van der Waals surface area contributed by atoms with E-state index in [4.69, 9.17) is 11.6 Å². The van der Waals surface area contributed by atoms with E-state index in [1.54, 1.807) is 48.8 Å². The third kappa shape index (κ3) is 3.04. The van der Waals surface area contributed by atoms with Gasteiger partial charge in [0, 0.05) is 23.4 Å². The summed E-state index contributed by atoms with van der Waals surface area (Å²) in [6.45, 7) is 0.227. The van der Waals surface area contributed by atoms with Crippen molar-refractivity contribution in [1.29, 1.82) is 0 Å². The number of benzene rings is 1. The average Bonchev–Trinajstić information content (AvgIpc) is 2.68. The van der Waals surface area contributed by atoms with Crippen LogP contribution in [0.2, 0.25) is 5.15 Å². The Morgan fingerprint density at radius 1 is 1.11 bits per heavy atom. The Hall–Kier alpha value is -3.25. The van der Waals surface area contributed by atoms with Crippen molar-refractivity contribution in [3.8, 4) is 17.0 Å². The highest BCUT2D eigenvalue weighted by Gasteiger charge is 2.26. The Labute approximate surface area is 158 Å². The van der Waals surface area contributed by atoms with Crippen LogP contribution in [0.25, 0.3) is 16.8 Å². The number of rotatable bonds is 3. The van der Waals surface area contributed by atoms with Gasteiger partial charge in [-0.25, -0.2) is 14.2 Å². The molecule has 0 fully saturated rings. The minimum absolute atomic E-state index is 0.0428. The molecular formula is C20H14ClFN3O2+. The van der Waals surface area contributed by atoms with Gasteiger partial charge in [0.2, 0.25) is 0 Å². The van der Waals surface area contributed by atoms with E-state index in [1.807, 2.05) is 0 Å². The molecule has 4 aromatic rings. The van der Waals surface area contributed by atoms with Crippen LogP contribution < -0.4 is 9.96 Å². The van der Waals surface area contributed by atoms with Crippen LogP contribution in [-0.4, -0.2) is 14.7 Å². The van der Waals surface area contributed by atoms with Gasteiger partial charge in [-0.1, -0.05) is 41.9 Å². The number of aromatic nitrogens is 3. The van der Waals surface area contributed by atoms with Gasteiger partial charge in [0.1, 0.15) is 17.5 Å². The van der Waals surface area contributed by atoms with E-state index in [9.17, 15) is 14.3 Å². The van der Waals surface area contributed by atoms with Crippen LogP contribution in [0.1, 0.15) is 5.56 Å². The lowest BCUT2D eigenvalue weighted by atomic mass is 10.1. The fourth-order valence-corrected chi connectivity index (χ4v) is 3.14. The lowest BCUT2D eigenvalue weighted by Gasteiger charge is -2.10. The normalized spacial score (nSPS) is 11.0. The predicted molar refractivity (Wildman–Crippen MR) is 99.3 cm³/mol. The van der Waals surface area contributed by atoms with Gasteiger partial charge in [-0.2, -0.15) is 8.97 Å². The number of nitrogens with zero attached hydrogens (tertiary/aromatic N) is 3. The fraction of sp³-hybridized carbons (Fsp3) is 0.0500. The second kappa shape index (κ2) is 6.81. The highest BCUT2D eigenvalue weighted by molar-refractivity contribution is 6.29. The summed E-state index contributed by atoms with van der Waals surface area (Å²) < 4.78 is 17.3. The molecule has 1 aromatic carbocycles. The number of hydrogen-bond acceptors (Lipinski definition) is 3. The maximum absolute atomic E-state index is 14.3. The van der Waals surface area contributed by atoms with Crippen molar-refractivity contribution in [1.82, 2.24) is 9.55 Å². The second-order valence-corrected chi connectivity index (χ2v) is 6.38. The summed E-state index contributed by atoms with van der Waals surface area (Å²) in [6.07, 6.45) is 3.17. The van der Waals surface area contributed by atoms with E-state index in [0.29, 0.717) is 10.8 Å². The predicted octanol–water partition coefficient (Wildman–Crippen LogP) is 3.20. The highest BCUT2D eigenvalue weighted by atomic mass is 35.5. The summed E-state index contributed by atoms with van der Waals surface area (Å²) in [6, 6.07) is 14.4. The summed E-state index contributed by atoms with van der Waals surface area (Å²) >= 11 is 5.83. The Morgan fingerprint density at radius 3 is 2.63 bits per heavy atom.